The topological polar surface area (TPSA) is 82.7 Å². The van der Waals surface area contributed by atoms with Gasteiger partial charge in [0.15, 0.2) is 0 Å². The second-order valence-electron chi connectivity index (χ2n) is 8.82. The molecule has 2 amide bonds. The van der Waals surface area contributed by atoms with Gasteiger partial charge in [0.1, 0.15) is 12.6 Å². The van der Waals surface area contributed by atoms with E-state index in [9.17, 15) is 14.4 Å². The molecule has 170 valence electrons. The molecule has 0 spiro atoms. The molecule has 1 fully saturated rings. The largest absolute Gasteiger partial charge is 0.465 e. The van der Waals surface area contributed by atoms with Crippen molar-refractivity contribution in [2.75, 3.05) is 13.7 Å². The normalized spacial score (nSPS) is 21.1. The van der Waals surface area contributed by atoms with Crippen molar-refractivity contribution in [3.05, 3.63) is 70.9 Å². The molecule has 3 heterocycles. The fraction of sp³-hybridized carbons (Fsp3) is 0.346. The van der Waals surface area contributed by atoms with Crippen molar-refractivity contribution in [3.8, 4) is 0 Å². The van der Waals surface area contributed by atoms with Gasteiger partial charge in [0.25, 0.3) is 0 Å². The highest BCUT2D eigenvalue weighted by molar-refractivity contribution is 5.98. The summed E-state index contributed by atoms with van der Waals surface area (Å²) in [6.07, 6.45) is 1.27. The van der Waals surface area contributed by atoms with E-state index in [1.807, 2.05) is 44.2 Å². The van der Waals surface area contributed by atoms with Crippen molar-refractivity contribution < 1.29 is 19.1 Å². The molecular formula is C26H27N3O4. The van der Waals surface area contributed by atoms with Crippen LogP contribution in [0, 0.1) is 0 Å². The van der Waals surface area contributed by atoms with Crippen LogP contribution in [0.25, 0.3) is 10.9 Å². The highest BCUT2D eigenvalue weighted by Gasteiger charge is 2.48. The van der Waals surface area contributed by atoms with Gasteiger partial charge >= 0.3 is 5.97 Å². The van der Waals surface area contributed by atoms with Crippen LogP contribution in [0.4, 0.5) is 0 Å². The molecule has 5 rings (SSSR count). The summed E-state index contributed by atoms with van der Waals surface area (Å²) in [6, 6.07) is 14.1. The summed E-state index contributed by atoms with van der Waals surface area (Å²) in [7, 11) is 1.35. The fourth-order valence-electron chi connectivity index (χ4n) is 5.15. The molecule has 3 atom stereocenters. The maximum Gasteiger partial charge on any atom is 0.337 e. The average Bonchev–Trinajstić information content (AvgIpc) is 3.22. The molecule has 0 aliphatic carbocycles. The third-order valence-electron chi connectivity index (χ3n) is 7.06. The lowest BCUT2D eigenvalue weighted by atomic mass is 9.85. The molecule has 3 aromatic rings. The molecule has 7 nitrogen and oxygen atoms in total. The van der Waals surface area contributed by atoms with E-state index in [1.54, 1.807) is 21.9 Å². The lowest BCUT2D eigenvalue weighted by Crippen LogP contribution is -2.64. The first-order valence-electron chi connectivity index (χ1n) is 11.3. The molecule has 1 saturated heterocycles. The van der Waals surface area contributed by atoms with Crippen molar-refractivity contribution in [1.82, 2.24) is 14.8 Å². The fourth-order valence-corrected chi connectivity index (χ4v) is 5.15. The van der Waals surface area contributed by atoms with Crippen molar-refractivity contribution in [2.24, 2.45) is 0 Å². The Morgan fingerprint density at radius 2 is 1.88 bits per heavy atom. The second kappa shape index (κ2) is 8.06. The van der Waals surface area contributed by atoms with E-state index in [1.165, 1.54) is 7.11 Å². The molecule has 0 bridgehead atoms. The minimum Gasteiger partial charge on any atom is -0.465 e. The van der Waals surface area contributed by atoms with Gasteiger partial charge in [0.05, 0.1) is 18.7 Å². The van der Waals surface area contributed by atoms with Crippen LogP contribution >= 0.6 is 0 Å². The molecular weight excluding hydrogens is 418 g/mol. The number of aromatic amines is 1. The van der Waals surface area contributed by atoms with Gasteiger partial charge in [-0.2, -0.15) is 0 Å². The monoisotopic (exact) mass is 445 g/mol. The Morgan fingerprint density at radius 3 is 2.58 bits per heavy atom. The van der Waals surface area contributed by atoms with Gasteiger partial charge in [-0.15, -0.1) is 0 Å². The standard InChI is InChI=1S/C26H27N3O4/c1-4-15(2)28-14-22(30)29-21(25(28)31)13-19-18-7-5-6-8-20(18)27-23(19)24(29)16-9-11-17(12-10-16)26(32)33-3/h5-12,15,21,24,27H,4,13-14H2,1-3H3/t15-,21-,24-/m0/s1. The summed E-state index contributed by atoms with van der Waals surface area (Å²) >= 11 is 0. The number of carbonyl (C=O) groups is 3. The van der Waals surface area contributed by atoms with E-state index >= 15 is 0 Å². The van der Waals surface area contributed by atoms with Gasteiger partial charge in [-0.25, -0.2) is 4.79 Å². The third kappa shape index (κ3) is 3.30. The Labute approximate surface area is 192 Å². The van der Waals surface area contributed by atoms with Crippen LogP contribution in [0.1, 0.15) is 53.5 Å². The molecule has 0 radical (unpaired) electrons. The maximum atomic E-state index is 13.6. The summed E-state index contributed by atoms with van der Waals surface area (Å²) in [4.78, 5) is 46.0. The zero-order chi connectivity index (χ0) is 23.3. The predicted octanol–water partition coefficient (Wildman–Crippen LogP) is 3.44. The number of piperazine rings is 1. The number of benzene rings is 2. The van der Waals surface area contributed by atoms with Crippen LogP contribution in [-0.2, 0) is 20.7 Å². The number of H-pyrrole nitrogens is 1. The number of esters is 1. The van der Waals surface area contributed by atoms with Gasteiger partial charge < -0.3 is 19.5 Å². The van der Waals surface area contributed by atoms with E-state index < -0.39 is 18.1 Å². The zero-order valence-electron chi connectivity index (χ0n) is 19.0. The van der Waals surface area contributed by atoms with E-state index in [2.05, 4.69) is 11.1 Å². The summed E-state index contributed by atoms with van der Waals surface area (Å²) in [5, 5.41) is 1.07. The van der Waals surface area contributed by atoms with Gasteiger partial charge in [0, 0.05) is 29.1 Å². The minimum absolute atomic E-state index is 0.00365. The summed E-state index contributed by atoms with van der Waals surface area (Å²) in [6.45, 7) is 4.10. The van der Waals surface area contributed by atoms with E-state index in [0.717, 1.165) is 34.1 Å². The number of para-hydroxylation sites is 1. The molecule has 33 heavy (non-hydrogen) atoms. The first-order valence-corrected chi connectivity index (χ1v) is 11.3. The number of aromatic nitrogens is 1. The smallest absolute Gasteiger partial charge is 0.337 e. The van der Waals surface area contributed by atoms with Crippen molar-refractivity contribution >= 4 is 28.7 Å². The van der Waals surface area contributed by atoms with Crippen LogP contribution in [0.3, 0.4) is 0 Å². The molecule has 7 heteroatoms. The van der Waals surface area contributed by atoms with Crippen LogP contribution in [0.15, 0.2) is 48.5 Å². The van der Waals surface area contributed by atoms with Gasteiger partial charge in [0.2, 0.25) is 11.8 Å². The van der Waals surface area contributed by atoms with Crippen LogP contribution in [0.2, 0.25) is 0 Å². The molecule has 2 aliphatic rings. The van der Waals surface area contributed by atoms with Crippen molar-refractivity contribution in [1.29, 1.82) is 0 Å². The van der Waals surface area contributed by atoms with E-state index in [-0.39, 0.29) is 24.4 Å². The molecule has 2 aliphatic heterocycles. The Bertz CT molecular complexity index is 1250. The molecule has 1 aromatic heterocycles. The number of hydrogen-bond acceptors (Lipinski definition) is 4. The highest BCUT2D eigenvalue weighted by atomic mass is 16.5. The predicted molar refractivity (Wildman–Crippen MR) is 124 cm³/mol. The third-order valence-corrected chi connectivity index (χ3v) is 7.06. The van der Waals surface area contributed by atoms with Crippen LogP contribution in [0.5, 0.6) is 0 Å². The Kier molecular flexibility index (Phi) is 5.19. The molecule has 1 N–H and O–H groups in total. The number of rotatable bonds is 4. The second-order valence-corrected chi connectivity index (χ2v) is 8.82. The number of methoxy groups -OCH3 is 1. The first kappa shape index (κ1) is 21.2. The Balaban J connectivity index is 1.66. The number of nitrogens with zero attached hydrogens (tertiary/aromatic N) is 2. The lowest BCUT2D eigenvalue weighted by Gasteiger charge is -2.48. The lowest BCUT2D eigenvalue weighted by molar-refractivity contribution is -0.160. The number of fused-ring (bicyclic) bond motifs is 4. The number of ether oxygens (including phenoxy) is 1. The van der Waals surface area contributed by atoms with Crippen LogP contribution in [-0.4, -0.2) is 58.3 Å². The zero-order valence-corrected chi connectivity index (χ0v) is 19.0. The Morgan fingerprint density at radius 1 is 1.15 bits per heavy atom. The highest BCUT2D eigenvalue weighted by Crippen LogP contribution is 2.42. The van der Waals surface area contributed by atoms with Gasteiger partial charge in [-0.05, 0) is 42.7 Å². The maximum absolute atomic E-state index is 13.6. The number of hydrogen-bond donors (Lipinski definition) is 1. The number of amides is 2. The van der Waals surface area contributed by atoms with Gasteiger partial charge in [-0.1, -0.05) is 37.3 Å². The van der Waals surface area contributed by atoms with E-state index in [4.69, 9.17) is 4.74 Å². The van der Waals surface area contributed by atoms with E-state index in [0.29, 0.717) is 12.0 Å². The minimum atomic E-state index is -0.558. The van der Waals surface area contributed by atoms with Crippen LogP contribution < -0.4 is 0 Å². The molecule has 2 aromatic carbocycles. The van der Waals surface area contributed by atoms with Crippen molar-refractivity contribution in [3.63, 3.8) is 0 Å². The number of carbonyl (C=O) groups excluding carboxylic acids is 3. The summed E-state index contributed by atoms with van der Waals surface area (Å²) < 4.78 is 4.82. The summed E-state index contributed by atoms with van der Waals surface area (Å²) in [5.41, 5.74) is 4.27. The average molecular weight is 446 g/mol. The summed E-state index contributed by atoms with van der Waals surface area (Å²) in [5.74, 6) is -0.481. The molecule has 0 unspecified atom stereocenters. The quantitative estimate of drug-likeness (QED) is 0.624. The SMILES string of the molecule is CC[C@H](C)N1CC(=O)N2[C@@H](c3ccc(C(=O)OC)cc3)c3[nH]c4ccccc4c3C[C@H]2C1=O. The number of nitrogens with one attached hydrogen (secondary N) is 1. The molecule has 0 saturated carbocycles. The first-order chi connectivity index (χ1) is 15.9. The Hall–Kier alpha value is -3.61. The van der Waals surface area contributed by atoms with Gasteiger partial charge in [-0.3, -0.25) is 9.59 Å². The van der Waals surface area contributed by atoms with Crippen molar-refractivity contribution in [2.45, 2.75) is 44.8 Å².